The third-order valence-corrected chi connectivity index (χ3v) is 5.45. The van der Waals surface area contributed by atoms with Crippen LogP contribution < -0.4 is 0 Å². The molecular weight excluding hydrogens is 394 g/mol. The first kappa shape index (κ1) is 20.5. The molecule has 3 aromatic rings. The van der Waals surface area contributed by atoms with Gasteiger partial charge in [0, 0.05) is 24.1 Å². The number of benzene rings is 2. The van der Waals surface area contributed by atoms with E-state index in [0.29, 0.717) is 48.4 Å². The van der Waals surface area contributed by atoms with Gasteiger partial charge in [-0.3, -0.25) is 19.1 Å². The van der Waals surface area contributed by atoms with Crippen molar-refractivity contribution in [3.05, 3.63) is 88.2 Å². The van der Waals surface area contributed by atoms with Crippen LogP contribution in [0.2, 0.25) is 0 Å². The standard InChI is InChI=1S/C24H23N3O4/c1-16-6-8-17(9-7-16)23(30)20-4-2-3-5-21(20)24(31)26-12-13-27-19(15-26)14-18(25-27)10-11-22(28)29/h2-9,14H,10-13,15H2,1H3,(H,28,29). The highest BCUT2D eigenvalue weighted by molar-refractivity contribution is 6.15. The van der Waals surface area contributed by atoms with Crippen molar-refractivity contribution in [2.24, 2.45) is 0 Å². The Hall–Kier alpha value is -3.74. The monoisotopic (exact) mass is 417 g/mol. The molecule has 7 nitrogen and oxygen atoms in total. The number of carboxylic acids is 1. The summed E-state index contributed by atoms with van der Waals surface area (Å²) in [5.74, 6) is -1.24. The van der Waals surface area contributed by atoms with E-state index in [-0.39, 0.29) is 18.1 Å². The van der Waals surface area contributed by atoms with E-state index >= 15 is 0 Å². The lowest BCUT2D eigenvalue weighted by Crippen LogP contribution is -2.39. The van der Waals surface area contributed by atoms with Crippen molar-refractivity contribution in [2.75, 3.05) is 6.54 Å². The van der Waals surface area contributed by atoms with Crippen molar-refractivity contribution < 1.29 is 19.5 Å². The zero-order valence-corrected chi connectivity index (χ0v) is 17.2. The molecule has 7 heteroatoms. The quantitative estimate of drug-likeness (QED) is 0.622. The molecule has 0 spiro atoms. The van der Waals surface area contributed by atoms with Crippen LogP contribution in [0.15, 0.2) is 54.6 Å². The number of aromatic nitrogens is 2. The third kappa shape index (κ3) is 4.40. The molecule has 4 rings (SSSR count). The van der Waals surface area contributed by atoms with Gasteiger partial charge in [-0.2, -0.15) is 5.10 Å². The number of hydrogen-bond acceptors (Lipinski definition) is 4. The van der Waals surface area contributed by atoms with E-state index in [1.165, 1.54) is 0 Å². The SMILES string of the molecule is Cc1ccc(C(=O)c2ccccc2C(=O)N2CCn3nc(CCC(=O)O)cc3C2)cc1. The fourth-order valence-corrected chi connectivity index (χ4v) is 3.75. The van der Waals surface area contributed by atoms with Gasteiger partial charge in [0.05, 0.1) is 36.5 Å². The molecule has 0 saturated heterocycles. The van der Waals surface area contributed by atoms with E-state index in [0.717, 1.165) is 11.3 Å². The topological polar surface area (TPSA) is 92.5 Å². The van der Waals surface area contributed by atoms with Gasteiger partial charge in [0.15, 0.2) is 5.78 Å². The summed E-state index contributed by atoms with van der Waals surface area (Å²) < 4.78 is 1.82. The van der Waals surface area contributed by atoms with Crippen LogP contribution in [0.25, 0.3) is 0 Å². The van der Waals surface area contributed by atoms with Gasteiger partial charge >= 0.3 is 5.97 Å². The third-order valence-electron chi connectivity index (χ3n) is 5.45. The molecule has 158 valence electrons. The number of nitrogens with zero attached hydrogens (tertiary/aromatic N) is 3. The summed E-state index contributed by atoms with van der Waals surface area (Å²) >= 11 is 0. The van der Waals surface area contributed by atoms with Crippen molar-refractivity contribution in [3.63, 3.8) is 0 Å². The normalized spacial score (nSPS) is 13.0. The molecule has 1 amide bonds. The van der Waals surface area contributed by atoms with E-state index in [4.69, 9.17) is 5.11 Å². The lowest BCUT2D eigenvalue weighted by Gasteiger charge is -2.28. The molecule has 1 N–H and O–H groups in total. The van der Waals surface area contributed by atoms with Crippen LogP contribution >= 0.6 is 0 Å². The number of amides is 1. The number of ketones is 1. The predicted molar refractivity (Wildman–Crippen MR) is 114 cm³/mol. The van der Waals surface area contributed by atoms with Gasteiger partial charge in [-0.25, -0.2) is 0 Å². The van der Waals surface area contributed by atoms with Crippen molar-refractivity contribution in [1.82, 2.24) is 14.7 Å². The fourth-order valence-electron chi connectivity index (χ4n) is 3.75. The Morgan fingerprint density at radius 1 is 1.00 bits per heavy atom. The average molecular weight is 417 g/mol. The first-order valence-electron chi connectivity index (χ1n) is 10.2. The number of aryl methyl sites for hydroxylation is 2. The first-order valence-corrected chi connectivity index (χ1v) is 10.2. The summed E-state index contributed by atoms with van der Waals surface area (Å²) in [6.07, 6.45) is 0.380. The summed E-state index contributed by atoms with van der Waals surface area (Å²) in [6.45, 7) is 3.33. The summed E-state index contributed by atoms with van der Waals surface area (Å²) in [5, 5.41) is 13.3. The van der Waals surface area contributed by atoms with Crippen molar-refractivity contribution in [3.8, 4) is 0 Å². The van der Waals surface area contributed by atoms with E-state index < -0.39 is 5.97 Å². The molecular formula is C24H23N3O4. The van der Waals surface area contributed by atoms with Gasteiger partial charge in [0.2, 0.25) is 0 Å². The van der Waals surface area contributed by atoms with Gasteiger partial charge in [0.1, 0.15) is 0 Å². The van der Waals surface area contributed by atoms with Gasteiger partial charge < -0.3 is 10.0 Å². The Kier molecular flexibility index (Phi) is 5.66. The molecule has 1 aliphatic rings. The average Bonchev–Trinajstić information content (AvgIpc) is 3.19. The second-order valence-corrected chi connectivity index (χ2v) is 7.71. The Morgan fingerprint density at radius 3 is 2.42 bits per heavy atom. The van der Waals surface area contributed by atoms with E-state index in [1.807, 2.05) is 29.8 Å². The lowest BCUT2D eigenvalue weighted by molar-refractivity contribution is -0.136. The molecule has 0 unspecified atom stereocenters. The number of fused-ring (bicyclic) bond motifs is 1. The molecule has 0 radical (unpaired) electrons. The first-order chi connectivity index (χ1) is 14.9. The molecule has 0 saturated carbocycles. The smallest absolute Gasteiger partial charge is 0.303 e. The van der Waals surface area contributed by atoms with Gasteiger partial charge in [0.25, 0.3) is 5.91 Å². The molecule has 0 fully saturated rings. The fraction of sp³-hybridized carbons (Fsp3) is 0.250. The van der Waals surface area contributed by atoms with Gasteiger partial charge in [-0.1, -0.05) is 48.0 Å². The number of rotatable bonds is 6. The molecule has 31 heavy (non-hydrogen) atoms. The maximum absolute atomic E-state index is 13.3. The Bertz CT molecular complexity index is 1150. The Balaban J connectivity index is 1.55. The van der Waals surface area contributed by atoms with Crippen LogP contribution in [0.4, 0.5) is 0 Å². The summed E-state index contributed by atoms with van der Waals surface area (Å²) in [6, 6.07) is 16.1. The minimum atomic E-state index is -0.863. The van der Waals surface area contributed by atoms with Crippen molar-refractivity contribution >= 4 is 17.7 Å². The van der Waals surface area contributed by atoms with Crippen LogP contribution in [0.3, 0.4) is 0 Å². The van der Waals surface area contributed by atoms with Crippen molar-refractivity contribution in [2.45, 2.75) is 32.9 Å². The maximum atomic E-state index is 13.3. The molecule has 0 bridgehead atoms. The largest absolute Gasteiger partial charge is 0.481 e. The second-order valence-electron chi connectivity index (χ2n) is 7.71. The van der Waals surface area contributed by atoms with Crippen LogP contribution in [-0.2, 0) is 24.3 Å². The predicted octanol–water partition coefficient (Wildman–Crippen LogP) is 3.10. The highest BCUT2D eigenvalue weighted by atomic mass is 16.4. The van der Waals surface area contributed by atoms with E-state index in [2.05, 4.69) is 5.10 Å². The summed E-state index contributed by atoms with van der Waals surface area (Å²) in [4.78, 5) is 38.9. The molecule has 0 atom stereocenters. The molecule has 1 aliphatic heterocycles. The van der Waals surface area contributed by atoms with Gasteiger partial charge in [-0.05, 0) is 19.1 Å². The number of carboxylic acid groups (broad SMARTS) is 1. The zero-order valence-electron chi connectivity index (χ0n) is 17.2. The van der Waals surface area contributed by atoms with E-state index in [9.17, 15) is 14.4 Å². The maximum Gasteiger partial charge on any atom is 0.303 e. The highest BCUT2D eigenvalue weighted by Crippen LogP contribution is 2.21. The second kappa shape index (κ2) is 8.55. The number of carbonyl (C=O) groups is 3. The number of hydrogen-bond donors (Lipinski definition) is 1. The van der Waals surface area contributed by atoms with Crippen LogP contribution in [0, 0.1) is 6.92 Å². The number of carbonyl (C=O) groups excluding carboxylic acids is 2. The van der Waals surface area contributed by atoms with Crippen LogP contribution in [-0.4, -0.2) is 44.0 Å². The lowest BCUT2D eigenvalue weighted by atomic mass is 9.97. The highest BCUT2D eigenvalue weighted by Gasteiger charge is 2.26. The van der Waals surface area contributed by atoms with E-state index in [1.54, 1.807) is 41.3 Å². The molecule has 2 heterocycles. The summed E-state index contributed by atoms with van der Waals surface area (Å²) in [5.41, 5.74) is 3.95. The van der Waals surface area contributed by atoms with Crippen LogP contribution in [0.1, 0.15) is 49.7 Å². The number of aliphatic carboxylic acids is 1. The minimum Gasteiger partial charge on any atom is -0.481 e. The van der Waals surface area contributed by atoms with Crippen molar-refractivity contribution in [1.29, 1.82) is 0 Å². The zero-order chi connectivity index (χ0) is 22.0. The molecule has 1 aromatic heterocycles. The molecule has 0 aliphatic carbocycles. The molecule has 2 aromatic carbocycles. The Labute approximate surface area is 179 Å². The Morgan fingerprint density at radius 2 is 1.71 bits per heavy atom. The minimum absolute atomic E-state index is 0.0214. The summed E-state index contributed by atoms with van der Waals surface area (Å²) in [7, 11) is 0. The van der Waals surface area contributed by atoms with Crippen LogP contribution in [0.5, 0.6) is 0 Å². The van der Waals surface area contributed by atoms with Gasteiger partial charge in [-0.15, -0.1) is 0 Å².